The summed E-state index contributed by atoms with van der Waals surface area (Å²) in [6.45, 7) is 4.05. The van der Waals surface area contributed by atoms with Gasteiger partial charge in [-0.15, -0.1) is 0 Å². The highest BCUT2D eigenvalue weighted by Gasteiger charge is 2.27. The Balaban J connectivity index is 4.18. The molecule has 18 heavy (non-hydrogen) atoms. The quantitative estimate of drug-likeness (QED) is 0.633. The lowest BCUT2D eigenvalue weighted by atomic mass is 9.95. The van der Waals surface area contributed by atoms with E-state index >= 15 is 0 Å². The van der Waals surface area contributed by atoms with E-state index < -0.39 is 29.2 Å². The topological polar surface area (TPSA) is 108 Å². The van der Waals surface area contributed by atoms with Gasteiger partial charge >= 0.3 is 5.97 Å². The molecule has 0 saturated carbocycles. The maximum absolute atomic E-state index is 11.5. The van der Waals surface area contributed by atoms with Crippen LogP contribution in [0.5, 0.6) is 0 Å². The Morgan fingerprint density at radius 3 is 2.39 bits per heavy atom. The first kappa shape index (κ1) is 15.9. The largest absolute Gasteiger partial charge is 0.467 e. The van der Waals surface area contributed by atoms with Crippen LogP contribution in [0.2, 0.25) is 0 Å². The summed E-state index contributed by atoms with van der Waals surface area (Å²) < 4.78 is 4.43. The normalized spacial score (nSPS) is 11.9. The van der Waals surface area contributed by atoms with Gasteiger partial charge in [-0.3, -0.25) is 9.59 Å². The Kier molecular flexibility index (Phi) is 5.82. The molecular weight excluding hydrogens is 238 g/mol. The first-order valence-electron chi connectivity index (χ1n) is 5.31. The van der Waals surface area contributed by atoms with Gasteiger partial charge in [0.2, 0.25) is 11.8 Å². The molecule has 2 amide bonds. The summed E-state index contributed by atoms with van der Waals surface area (Å²) in [6, 6.07) is 1.03. The van der Waals surface area contributed by atoms with Crippen molar-refractivity contribution in [3.63, 3.8) is 0 Å². The summed E-state index contributed by atoms with van der Waals surface area (Å²) in [7, 11) is 1.21. The second kappa shape index (κ2) is 6.59. The average Bonchev–Trinajstić information content (AvgIpc) is 2.34. The van der Waals surface area contributed by atoms with E-state index in [1.54, 1.807) is 0 Å². The zero-order valence-electron chi connectivity index (χ0n) is 10.9. The van der Waals surface area contributed by atoms with Gasteiger partial charge in [0.1, 0.15) is 11.5 Å². The van der Waals surface area contributed by atoms with E-state index in [0.717, 1.165) is 0 Å². The van der Waals surface area contributed by atoms with Gasteiger partial charge < -0.3 is 15.4 Å². The third kappa shape index (κ3) is 4.82. The number of hydrogen-bond acceptors (Lipinski definition) is 5. The first-order chi connectivity index (χ1) is 8.24. The Labute approximate surface area is 105 Å². The van der Waals surface area contributed by atoms with Gasteiger partial charge in [-0.2, -0.15) is 5.26 Å². The molecule has 0 aliphatic carbocycles. The Morgan fingerprint density at radius 2 is 1.94 bits per heavy atom. The van der Waals surface area contributed by atoms with Gasteiger partial charge in [0.15, 0.2) is 0 Å². The van der Waals surface area contributed by atoms with E-state index in [1.165, 1.54) is 27.9 Å². The number of nitrogens with one attached hydrogen (secondary N) is 2. The Bertz CT molecular complexity index is 384. The van der Waals surface area contributed by atoms with Gasteiger partial charge in [0.25, 0.3) is 0 Å². The number of carbonyl (C=O) groups is 3. The fourth-order valence-corrected chi connectivity index (χ4v) is 0.961. The highest BCUT2D eigenvalue weighted by atomic mass is 16.5. The van der Waals surface area contributed by atoms with Crippen LogP contribution in [0.3, 0.4) is 0 Å². The number of nitrogens with zero attached hydrogens (tertiary/aromatic N) is 1. The van der Waals surface area contributed by atoms with Gasteiger partial charge in [-0.05, 0) is 20.8 Å². The monoisotopic (exact) mass is 255 g/mol. The highest BCUT2D eigenvalue weighted by Crippen LogP contribution is 2.12. The lowest BCUT2D eigenvalue weighted by Crippen LogP contribution is -2.46. The van der Waals surface area contributed by atoms with Crippen molar-refractivity contribution in [3.05, 3.63) is 0 Å². The van der Waals surface area contributed by atoms with Crippen molar-refractivity contribution in [3.8, 4) is 6.07 Å². The second-order valence-electron chi connectivity index (χ2n) is 4.23. The van der Waals surface area contributed by atoms with Crippen molar-refractivity contribution in [2.75, 3.05) is 13.7 Å². The van der Waals surface area contributed by atoms with Crippen LogP contribution in [0, 0.1) is 16.7 Å². The molecule has 7 nitrogen and oxygen atoms in total. The molecule has 7 heteroatoms. The van der Waals surface area contributed by atoms with Crippen LogP contribution in [0.15, 0.2) is 0 Å². The molecule has 100 valence electrons. The summed E-state index contributed by atoms with van der Waals surface area (Å²) in [5.41, 5.74) is -1.20. The van der Waals surface area contributed by atoms with Crippen molar-refractivity contribution in [2.24, 2.45) is 5.41 Å². The summed E-state index contributed by atoms with van der Waals surface area (Å²) >= 11 is 0. The van der Waals surface area contributed by atoms with Gasteiger partial charge in [0, 0.05) is 0 Å². The second-order valence-corrected chi connectivity index (χ2v) is 4.23. The zero-order valence-corrected chi connectivity index (χ0v) is 10.9. The third-order valence-corrected chi connectivity index (χ3v) is 2.19. The number of carbonyl (C=O) groups excluding carboxylic acids is 3. The van der Waals surface area contributed by atoms with Crippen LogP contribution in [0.25, 0.3) is 0 Å². The van der Waals surface area contributed by atoms with E-state index in [4.69, 9.17) is 5.26 Å². The summed E-state index contributed by atoms with van der Waals surface area (Å²) in [4.78, 5) is 33.9. The minimum absolute atomic E-state index is 0.300. The summed E-state index contributed by atoms with van der Waals surface area (Å²) in [5.74, 6) is -1.66. The number of nitriles is 1. The maximum Gasteiger partial charge on any atom is 0.328 e. The number of amides is 2. The molecule has 0 radical (unpaired) electrons. The minimum Gasteiger partial charge on any atom is -0.467 e. The molecule has 0 aromatic heterocycles. The smallest absolute Gasteiger partial charge is 0.328 e. The number of methoxy groups -OCH3 is 1. The van der Waals surface area contributed by atoms with Gasteiger partial charge in [-0.1, -0.05) is 0 Å². The molecular formula is C11H17N3O4. The molecule has 0 aliphatic heterocycles. The Morgan fingerprint density at radius 1 is 1.39 bits per heavy atom. The number of hydrogen-bond donors (Lipinski definition) is 2. The van der Waals surface area contributed by atoms with Crippen LogP contribution in [0.4, 0.5) is 0 Å². The van der Waals surface area contributed by atoms with E-state index in [2.05, 4.69) is 15.4 Å². The fraction of sp³-hybridized carbons (Fsp3) is 0.636. The highest BCUT2D eigenvalue weighted by molar-refractivity contribution is 5.90. The molecule has 0 aliphatic rings. The lowest BCUT2D eigenvalue weighted by Gasteiger charge is -2.16. The van der Waals surface area contributed by atoms with E-state index in [-0.39, 0.29) is 6.54 Å². The van der Waals surface area contributed by atoms with E-state index in [9.17, 15) is 14.4 Å². The molecule has 0 heterocycles. The lowest BCUT2D eigenvalue weighted by molar-refractivity contribution is -0.144. The standard InChI is InChI=1S/C11H17N3O4/c1-7(9(16)18-4)14-8(15)5-13-10(17)11(2,3)6-12/h7H,5H2,1-4H3,(H,13,17)(H,14,15)/t7-/m0/s1. The minimum atomic E-state index is -1.20. The number of ether oxygens (including phenoxy) is 1. The first-order valence-corrected chi connectivity index (χ1v) is 5.31. The van der Waals surface area contributed by atoms with Crippen molar-refractivity contribution >= 4 is 17.8 Å². The average molecular weight is 255 g/mol. The van der Waals surface area contributed by atoms with Crippen LogP contribution in [0.1, 0.15) is 20.8 Å². The van der Waals surface area contributed by atoms with Crippen LogP contribution in [-0.2, 0) is 19.1 Å². The van der Waals surface area contributed by atoms with Crippen molar-refractivity contribution in [2.45, 2.75) is 26.8 Å². The molecule has 0 aromatic carbocycles. The zero-order chi connectivity index (χ0) is 14.3. The summed E-state index contributed by atoms with van der Waals surface area (Å²) in [5, 5.41) is 13.4. The van der Waals surface area contributed by atoms with Crippen molar-refractivity contribution in [1.82, 2.24) is 10.6 Å². The van der Waals surface area contributed by atoms with E-state index in [0.29, 0.717) is 0 Å². The molecule has 0 rings (SSSR count). The molecule has 0 aromatic rings. The van der Waals surface area contributed by atoms with Crippen LogP contribution >= 0.6 is 0 Å². The Hall–Kier alpha value is -2.10. The van der Waals surface area contributed by atoms with Crippen LogP contribution < -0.4 is 10.6 Å². The summed E-state index contributed by atoms with van der Waals surface area (Å²) in [6.07, 6.45) is 0. The maximum atomic E-state index is 11.5. The fourth-order valence-electron chi connectivity index (χ4n) is 0.961. The molecule has 0 saturated heterocycles. The molecule has 0 fully saturated rings. The SMILES string of the molecule is COC(=O)[C@H](C)NC(=O)CNC(=O)C(C)(C)C#N. The molecule has 0 unspecified atom stereocenters. The van der Waals surface area contributed by atoms with Gasteiger partial charge in [-0.25, -0.2) is 4.79 Å². The van der Waals surface area contributed by atoms with E-state index in [1.807, 2.05) is 6.07 Å². The molecule has 1 atom stereocenters. The predicted octanol–water partition coefficient (Wildman–Crippen LogP) is -0.670. The molecule has 2 N–H and O–H groups in total. The van der Waals surface area contributed by atoms with Crippen LogP contribution in [-0.4, -0.2) is 37.5 Å². The van der Waals surface area contributed by atoms with Crippen molar-refractivity contribution < 1.29 is 19.1 Å². The molecule has 0 spiro atoms. The number of esters is 1. The third-order valence-electron chi connectivity index (χ3n) is 2.19. The van der Waals surface area contributed by atoms with Crippen molar-refractivity contribution in [1.29, 1.82) is 5.26 Å². The van der Waals surface area contributed by atoms with Gasteiger partial charge in [0.05, 0.1) is 19.7 Å². The number of rotatable bonds is 5. The predicted molar refractivity (Wildman–Crippen MR) is 62.0 cm³/mol. The molecule has 0 bridgehead atoms.